The van der Waals surface area contributed by atoms with Crippen LogP contribution in [0.1, 0.15) is 49.5 Å². The van der Waals surface area contributed by atoms with Crippen LogP contribution >= 0.6 is 23.1 Å². The van der Waals surface area contributed by atoms with Gasteiger partial charge in [-0.3, -0.25) is 4.79 Å². The molecule has 0 aromatic carbocycles. The quantitative estimate of drug-likeness (QED) is 0.860. The lowest BCUT2D eigenvalue weighted by atomic mass is 9.91. The zero-order valence-electron chi connectivity index (χ0n) is 10.6. The average molecular weight is 276 g/mol. The molecule has 1 amide bonds. The van der Waals surface area contributed by atoms with Crippen LogP contribution in [0.2, 0.25) is 0 Å². The van der Waals surface area contributed by atoms with Crippen molar-refractivity contribution in [3.8, 4) is 0 Å². The summed E-state index contributed by atoms with van der Waals surface area (Å²) in [6.45, 7) is 8.03. The molecule has 0 aliphatic carbocycles. The fourth-order valence-electron chi connectivity index (χ4n) is 1.33. The van der Waals surface area contributed by atoms with Crippen LogP contribution in [0.15, 0.2) is 0 Å². The summed E-state index contributed by atoms with van der Waals surface area (Å²) < 4.78 is 3.87. The van der Waals surface area contributed by atoms with Gasteiger partial charge in [-0.15, -0.1) is 16.7 Å². The summed E-state index contributed by atoms with van der Waals surface area (Å²) in [6, 6.07) is -0.000847. The number of hydrogen-bond acceptors (Lipinski definition) is 4. The smallest absolute Gasteiger partial charge is 0.265 e. The minimum absolute atomic E-state index is 0.000847. The Balaban J connectivity index is 2.87. The number of aromatic nitrogens is 2. The maximum absolute atomic E-state index is 12.1. The van der Waals surface area contributed by atoms with Crippen molar-refractivity contribution >= 4 is 29.0 Å². The van der Waals surface area contributed by atoms with Gasteiger partial charge in [-0.1, -0.05) is 32.2 Å². The van der Waals surface area contributed by atoms with Gasteiger partial charge in [0.15, 0.2) is 0 Å². The van der Waals surface area contributed by atoms with E-state index in [1.807, 2.05) is 27.7 Å². The summed E-state index contributed by atoms with van der Waals surface area (Å²) in [5, 5.41) is 6.93. The van der Waals surface area contributed by atoms with E-state index in [-0.39, 0.29) is 17.4 Å². The SMILES string of the molecule is CCC(CCl)NC(=O)c1snnc1C(C)(C)C. The average Bonchev–Trinajstić information content (AvgIpc) is 2.73. The number of carbonyl (C=O) groups excluding carboxylic acids is 1. The number of hydrogen-bond donors (Lipinski definition) is 1. The Labute approximate surface area is 111 Å². The van der Waals surface area contributed by atoms with Gasteiger partial charge in [0.05, 0.1) is 5.69 Å². The number of amides is 1. The Hall–Kier alpha value is -0.680. The van der Waals surface area contributed by atoms with Crippen LogP contribution in [0.4, 0.5) is 0 Å². The predicted octanol–water partition coefficient (Wildman–Crippen LogP) is 2.58. The molecule has 1 heterocycles. The van der Waals surface area contributed by atoms with Crippen molar-refractivity contribution in [1.82, 2.24) is 14.9 Å². The van der Waals surface area contributed by atoms with Crippen molar-refractivity contribution in [1.29, 1.82) is 0 Å². The van der Waals surface area contributed by atoms with Gasteiger partial charge < -0.3 is 5.32 Å². The fraction of sp³-hybridized carbons (Fsp3) is 0.727. The highest BCUT2D eigenvalue weighted by Crippen LogP contribution is 2.25. The topological polar surface area (TPSA) is 54.9 Å². The van der Waals surface area contributed by atoms with Crippen molar-refractivity contribution in [3.63, 3.8) is 0 Å². The summed E-state index contributed by atoms with van der Waals surface area (Å²) in [6.07, 6.45) is 0.812. The van der Waals surface area contributed by atoms with Gasteiger partial charge in [0.2, 0.25) is 0 Å². The minimum Gasteiger partial charge on any atom is -0.347 e. The van der Waals surface area contributed by atoms with E-state index in [9.17, 15) is 4.79 Å². The molecule has 96 valence electrons. The third kappa shape index (κ3) is 3.64. The summed E-state index contributed by atoms with van der Waals surface area (Å²) in [7, 11) is 0. The van der Waals surface area contributed by atoms with Gasteiger partial charge >= 0.3 is 0 Å². The van der Waals surface area contributed by atoms with Gasteiger partial charge in [-0.05, 0) is 18.0 Å². The first kappa shape index (κ1) is 14.4. The highest BCUT2D eigenvalue weighted by Gasteiger charge is 2.26. The molecule has 1 unspecified atom stereocenters. The lowest BCUT2D eigenvalue weighted by Gasteiger charge is -2.18. The molecule has 17 heavy (non-hydrogen) atoms. The molecular formula is C11H18ClN3OS. The molecule has 1 atom stereocenters. The second kappa shape index (κ2) is 5.78. The maximum Gasteiger partial charge on any atom is 0.265 e. The highest BCUT2D eigenvalue weighted by molar-refractivity contribution is 7.08. The zero-order chi connectivity index (χ0) is 13.1. The molecule has 6 heteroatoms. The van der Waals surface area contributed by atoms with Gasteiger partial charge in [0.25, 0.3) is 5.91 Å². The summed E-state index contributed by atoms with van der Waals surface area (Å²) in [5.41, 5.74) is 0.562. The summed E-state index contributed by atoms with van der Waals surface area (Å²) in [4.78, 5) is 12.6. The standard InChI is InChI=1S/C11H18ClN3OS/c1-5-7(6-12)13-10(16)8-9(11(2,3)4)14-15-17-8/h7H,5-6H2,1-4H3,(H,13,16). The molecule has 0 aliphatic heterocycles. The van der Waals surface area contributed by atoms with E-state index in [4.69, 9.17) is 11.6 Å². The molecular weight excluding hydrogens is 258 g/mol. The van der Waals surface area contributed by atoms with Gasteiger partial charge in [-0.25, -0.2) is 0 Å². The van der Waals surface area contributed by atoms with Crippen molar-refractivity contribution in [2.45, 2.75) is 45.6 Å². The normalized spacial score (nSPS) is 13.5. The van der Waals surface area contributed by atoms with Crippen molar-refractivity contribution in [2.24, 2.45) is 0 Å². The minimum atomic E-state index is -0.178. The first-order valence-corrected chi connectivity index (χ1v) is 6.90. The third-order valence-corrected chi connectivity index (χ3v) is 3.52. The molecule has 0 bridgehead atoms. The molecule has 0 saturated carbocycles. The summed E-state index contributed by atoms with van der Waals surface area (Å²) >= 11 is 6.89. The predicted molar refractivity (Wildman–Crippen MR) is 70.9 cm³/mol. The Morgan fingerprint density at radius 1 is 1.53 bits per heavy atom. The monoisotopic (exact) mass is 275 g/mol. The maximum atomic E-state index is 12.1. The number of carbonyl (C=O) groups is 1. The van der Waals surface area contributed by atoms with Crippen molar-refractivity contribution < 1.29 is 4.79 Å². The molecule has 0 aliphatic rings. The molecule has 4 nitrogen and oxygen atoms in total. The van der Waals surface area contributed by atoms with Crippen LogP contribution in [0, 0.1) is 0 Å². The van der Waals surface area contributed by atoms with E-state index in [0.717, 1.165) is 23.6 Å². The molecule has 0 spiro atoms. The number of nitrogens with zero attached hydrogens (tertiary/aromatic N) is 2. The third-order valence-electron chi connectivity index (χ3n) is 2.42. The van der Waals surface area contributed by atoms with E-state index in [0.29, 0.717) is 10.8 Å². The second-order valence-electron chi connectivity index (χ2n) is 4.93. The molecule has 1 rings (SSSR count). The molecule has 0 saturated heterocycles. The first-order valence-electron chi connectivity index (χ1n) is 5.59. The van der Waals surface area contributed by atoms with Crippen LogP contribution in [0.3, 0.4) is 0 Å². The molecule has 1 aromatic heterocycles. The number of halogens is 1. The zero-order valence-corrected chi connectivity index (χ0v) is 12.2. The molecule has 1 aromatic rings. The molecule has 0 fully saturated rings. The van der Waals surface area contributed by atoms with Gasteiger partial charge in [0.1, 0.15) is 4.88 Å². The Bertz CT molecular complexity index is 382. The second-order valence-corrected chi connectivity index (χ2v) is 6.00. The lowest BCUT2D eigenvalue weighted by molar-refractivity contribution is 0.0941. The highest BCUT2D eigenvalue weighted by atomic mass is 35.5. The van der Waals surface area contributed by atoms with Crippen LogP contribution in [0.25, 0.3) is 0 Å². The van der Waals surface area contributed by atoms with Crippen LogP contribution < -0.4 is 5.32 Å². The number of rotatable bonds is 4. The van der Waals surface area contributed by atoms with E-state index >= 15 is 0 Å². The van der Waals surface area contributed by atoms with E-state index < -0.39 is 0 Å². The van der Waals surface area contributed by atoms with E-state index in [1.54, 1.807) is 0 Å². The van der Waals surface area contributed by atoms with Gasteiger partial charge in [0, 0.05) is 17.3 Å². The van der Waals surface area contributed by atoms with E-state index in [2.05, 4.69) is 14.9 Å². The lowest BCUT2D eigenvalue weighted by Crippen LogP contribution is -2.36. The Morgan fingerprint density at radius 2 is 2.18 bits per heavy atom. The van der Waals surface area contributed by atoms with E-state index in [1.165, 1.54) is 0 Å². The number of alkyl halides is 1. The Kier molecular flexibility index (Phi) is 4.89. The molecule has 1 N–H and O–H groups in total. The van der Waals surface area contributed by atoms with Crippen LogP contribution in [-0.2, 0) is 5.41 Å². The fourth-order valence-corrected chi connectivity index (χ4v) is 2.41. The van der Waals surface area contributed by atoms with Crippen LogP contribution in [0.5, 0.6) is 0 Å². The Morgan fingerprint density at radius 3 is 2.65 bits per heavy atom. The molecule has 0 radical (unpaired) electrons. The van der Waals surface area contributed by atoms with Crippen molar-refractivity contribution in [2.75, 3.05) is 5.88 Å². The van der Waals surface area contributed by atoms with Crippen molar-refractivity contribution in [3.05, 3.63) is 10.6 Å². The van der Waals surface area contributed by atoms with Crippen LogP contribution in [-0.4, -0.2) is 27.4 Å². The van der Waals surface area contributed by atoms with Gasteiger partial charge in [-0.2, -0.15) is 0 Å². The largest absolute Gasteiger partial charge is 0.347 e. The first-order chi connectivity index (χ1) is 7.90. The summed E-state index contributed by atoms with van der Waals surface area (Å²) in [5.74, 6) is 0.289. The number of nitrogens with one attached hydrogen (secondary N) is 1.